The van der Waals surface area contributed by atoms with Crippen molar-refractivity contribution in [1.82, 2.24) is 4.98 Å². The molecule has 9 nitrogen and oxygen atoms in total. The molecule has 3 N–H and O–H groups in total. The summed E-state index contributed by atoms with van der Waals surface area (Å²) >= 11 is 1.26. The van der Waals surface area contributed by atoms with Crippen LogP contribution < -0.4 is 16.0 Å². The Kier molecular flexibility index (Phi) is 6.81. The number of aryl methyl sites for hydroxylation is 1. The Bertz CT molecular complexity index is 1030. The van der Waals surface area contributed by atoms with E-state index >= 15 is 0 Å². The lowest BCUT2D eigenvalue weighted by atomic mass is 10.1. The van der Waals surface area contributed by atoms with Crippen molar-refractivity contribution in [3.8, 4) is 0 Å². The van der Waals surface area contributed by atoms with Gasteiger partial charge in [0.25, 0.3) is 5.91 Å². The van der Waals surface area contributed by atoms with Crippen molar-refractivity contribution in [1.29, 1.82) is 0 Å². The zero-order valence-electron chi connectivity index (χ0n) is 16.0. The smallest absolute Gasteiger partial charge is 0.269 e. The molecule has 2 aromatic rings. The molecule has 1 aromatic heterocycles. The number of aromatic nitrogens is 1. The summed E-state index contributed by atoms with van der Waals surface area (Å²) in [5, 5.41) is 10.3. The number of anilines is 3. The minimum absolute atomic E-state index is 0.190. The average Bonchev–Trinajstić information content (AvgIpc) is 3.14. The highest BCUT2D eigenvalue weighted by Crippen LogP contribution is 2.19. The van der Waals surface area contributed by atoms with Crippen LogP contribution in [0.4, 0.5) is 16.5 Å². The van der Waals surface area contributed by atoms with Crippen LogP contribution in [0.15, 0.2) is 46.8 Å². The molecule has 10 heteroatoms. The molecule has 1 aliphatic rings. The van der Waals surface area contributed by atoms with Gasteiger partial charge in [-0.05, 0) is 24.6 Å². The molecule has 1 atom stereocenters. The Balaban J connectivity index is 1.48. The van der Waals surface area contributed by atoms with Crippen LogP contribution in [0.2, 0.25) is 0 Å². The molecule has 0 radical (unpaired) electrons. The van der Waals surface area contributed by atoms with Crippen molar-refractivity contribution in [2.24, 2.45) is 10.9 Å². The highest BCUT2D eigenvalue weighted by molar-refractivity contribution is 7.13. The van der Waals surface area contributed by atoms with Gasteiger partial charge in [0.1, 0.15) is 0 Å². The molecule has 2 heterocycles. The summed E-state index contributed by atoms with van der Waals surface area (Å²) in [6, 6.07) is 6.87. The van der Waals surface area contributed by atoms with Gasteiger partial charge in [-0.3, -0.25) is 19.2 Å². The number of benzene rings is 1. The Morgan fingerprint density at radius 2 is 1.90 bits per heavy atom. The van der Waals surface area contributed by atoms with Crippen molar-refractivity contribution < 1.29 is 19.2 Å². The monoisotopic (exact) mass is 425 g/mol. The van der Waals surface area contributed by atoms with Crippen LogP contribution in [-0.2, 0) is 25.6 Å². The summed E-state index contributed by atoms with van der Waals surface area (Å²) < 4.78 is 0. The molecule has 1 aliphatic heterocycles. The number of rotatable bonds is 7. The number of thiazole rings is 1. The topological polar surface area (TPSA) is 130 Å². The van der Waals surface area contributed by atoms with Crippen LogP contribution in [0.3, 0.4) is 0 Å². The van der Waals surface area contributed by atoms with Crippen molar-refractivity contribution in [3.63, 3.8) is 0 Å². The molecule has 0 bridgehead atoms. The largest absolute Gasteiger partial charge is 0.326 e. The number of nitrogens with zero attached hydrogens (tertiary/aromatic N) is 2. The van der Waals surface area contributed by atoms with Crippen molar-refractivity contribution in [3.05, 3.63) is 47.5 Å². The van der Waals surface area contributed by atoms with Gasteiger partial charge in [0.05, 0.1) is 11.6 Å². The molecule has 1 unspecified atom stereocenters. The maximum Gasteiger partial charge on any atom is 0.269 e. The van der Waals surface area contributed by atoms with Gasteiger partial charge in [0.15, 0.2) is 5.13 Å². The van der Waals surface area contributed by atoms with Crippen LogP contribution >= 0.6 is 11.3 Å². The number of dihydropyridines is 1. The molecule has 0 saturated carbocycles. The first-order valence-electron chi connectivity index (χ1n) is 9.08. The fourth-order valence-electron chi connectivity index (χ4n) is 2.60. The number of amides is 4. The summed E-state index contributed by atoms with van der Waals surface area (Å²) in [5.74, 6) is -1.73. The van der Waals surface area contributed by atoms with E-state index in [-0.39, 0.29) is 24.1 Å². The van der Waals surface area contributed by atoms with E-state index in [4.69, 9.17) is 0 Å². The van der Waals surface area contributed by atoms with Gasteiger partial charge in [-0.1, -0.05) is 12.1 Å². The molecule has 0 saturated heterocycles. The minimum Gasteiger partial charge on any atom is -0.326 e. The molecule has 154 valence electrons. The van der Waals surface area contributed by atoms with Gasteiger partial charge in [-0.2, -0.15) is 0 Å². The molecule has 0 fully saturated rings. The number of aliphatic imine (C=N–C) groups is 1. The van der Waals surface area contributed by atoms with Gasteiger partial charge in [0.2, 0.25) is 17.7 Å². The molecular formula is C20H19N5O4S. The number of carbonyl (C=O) groups excluding carboxylic acids is 4. The summed E-state index contributed by atoms with van der Waals surface area (Å²) in [5.41, 5.74) is 1.86. The third-order valence-electron chi connectivity index (χ3n) is 3.97. The maximum absolute atomic E-state index is 12.2. The lowest BCUT2D eigenvalue weighted by Gasteiger charge is -2.08. The Morgan fingerprint density at radius 3 is 2.60 bits per heavy atom. The first-order valence-corrected chi connectivity index (χ1v) is 9.96. The van der Waals surface area contributed by atoms with Gasteiger partial charge in [-0.25, -0.2) is 9.98 Å². The van der Waals surface area contributed by atoms with E-state index in [0.717, 1.165) is 0 Å². The lowest BCUT2D eigenvalue weighted by Crippen LogP contribution is -2.24. The zero-order chi connectivity index (χ0) is 21.5. The quantitative estimate of drug-likeness (QED) is 0.627. The van der Waals surface area contributed by atoms with Crippen LogP contribution in [0.1, 0.15) is 19.0 Å². The van der Waals surface area contributed by atoms with Crippen LogP contribution in [0.25, 0.3) is 0 Å². The van der Waals surface area contributed by atoms with E-state index < -0.39 is 11.8 Å². The molecule has 0 spiro atoms. The average molecular weight is 425 g/mol. The predicted octanol–water partition coefficient (Wildman–Crippen LogP) is 2.39. The fourth-order valence-corrected chi connectivity index (χ4v) is 3.35. The second-order valence-corrected chi connectivity index (χ2v) is 7.30. The highest BCUT2D eigenvalue weighted by Gasteiger charge is 2.18. The van der Waals surface area contributed by atoms with Gasteiger partial charge >= 0.3 is 0 Å². The molecular weight excluding hydrogens is 406 g/mol. The van der Waals surface area contributed by atoms with Crippen LogP contribution in [-0.4, -0.2) is 34.8 Å². The fraction of sp³-hybridized carbons (Fsp3) is 0.200. The Morgan fingerprint density at radius 1 is 1.13 bits per heavy atom. The van der Waals surface area contributed by atoms with Crippen LogP contribution in [0.5, 0.6) is 0 Å². The van der Waals surface area contributed by atoms with E-state index in [1.165, 1.54) is 36.6 Å². The number of hydrogen-bond donors (Lipinski definition) is 3. The van der Waals surface area contributed by atoms with Crippen molar-refractivity contribution in [2.45, 2.75) is 19.8 Å². The first kappa shape index (κ1) is 21.1. The molecule has 3 rings (SSSR count). The summed E-state index contributed by atoms with van der Waals surface area (Å²) in [6.45, 7) is 1.41. The van der Waals surface area contributed by atoms with E-state index in [2.05, 4.69) is 25.9 Å². The highest BCUT2D eigenvalue weighted by atomic mass is 32.1. The van der Waals surface area contributed by atoms with Gasteiger partial charge in [-0.15, -0.1) is 11.3 Å². The number of carbonyl (C=O) groups is 4. The Hall–Kier alpha value is -3.66. The lowest BCUT2D eigenvalue weighted by molar-refractivity contribution is -0.117. The minimum atomic E-state index is -0.617. The standard InChI is InChI=1S/C20H19N5O4S/c1-12(26)22-14-3-2-4-15(9-14)23-18(28)8-6-16-11-30-20(24-16)25-19(29)13-5-7-17(27)21-10-13/h2-5,7,9-11,13H,6,8H2,1H3,(H,22,26)(H,23,28)(H,24,25,29). The summed E-state index contributed by atoms with van der Waals surface area (Å²) in [7, 11) is 0. The normalized spacial score (nSPS) is 15.0. The Labute approximate surface area is 176 Å². The SMILES string of the molecule is CC(=O)Nc1cccc(NC(=O)CCc2csc(NC(=O)C3C=CC(=O)N=C3)n2)c1. The van der Waals surface area contributed by atoms with Crippen molar-refractivity contribution in [2.75, 3.05) is 16.0 Å². The van der Waals surface area contributed by atoms with Crippen molar-refractivity contribution >= 4 is 57.7 Å². The van der Waals surface area contributed by atoms with E-state index in [1.54, 1.807) is 29.6 Å². The molecule has 0 aliphatic carbocycles. The second-order valence-electron chi connectivity index (χ2n) is 6.44. The second kappa shape index (κ2) is 9.70. The molecule has 4 amide bonds. The van der Waals surface area contributed by atoms with Gasteiger partial charge in [0, 0.05) is 42.4 Å². The number of nitrogens with one attached hydrogen (secondary N) is 3. The molecule has 30 heavy (non-hydrogen) atoms. The predicted molar refractivity (Wildman–Crippen MR) is 115 cm³/mol. The van der Waals surface area contributed by atoms with E-state index in [9.17, 15) is 19.2 Å². The molecule has 1 aromatic carbocycles. The zero-order valence-corrected chi connectivity index (χ0v) is 16.9. The number of hydrogen-bond acceptors (Lipinski definition) is 6. The first-order chi connectivity index (χ1) is 14.4. The third-order valence-corrected chi connectivity index (χ3v) is 4.77. The van der Waals surface area contributed by atoms with Gasteiger partial charge < -0.3 is 16.0 Å². The third kappa shape index (κ3) is 6.17. The van der Waals surface area contributed by atoms with E-state index in [0.29, 0.717) is 28.6 Å². The summed E-state index contributed by atoms with van der Waals surface area (Å²) in [4.78, 5) is 54.4. The van der Waals surface area contributed by atoms with Crippen LogP contribution in [0, 0.1) is 5.92 Å². The summed E-state index contributed by atoms with van der Waals surface area (Å²) in [6.07, 6.45) is 4.63. The maximum atomic E-state index is 12.2. The van der Waals surface area contributed by atoms with E-state index in [1.807, 2.05) is 0 Å².